The first-order chi connectivity index (χ1) is 12.1. The Hall–Kier alpha value is -2.84. The molecule has 0 bridgehead atoms. The van der Waals surface area contributed by atoms with Crippen LogP contribution in [0.3, 0.4) is 0 Å². The summed E-state index contributed by atoms with van der Waals surface area (Å²) in [6.45, 7) is 1.86. The SMILES string of the molecule is C/C(=C/C(=O)c1ccc(-c2ccccc2)cc1)Nc1cccc(Cl)c1. The van der Waals surface area contributed by atoms with Gasteiger partial charge in [-0.2, -0.15) is 0 Å². The summed E-state index contributed by atoms with van der Waals surface area (Å²) in [5.74, 6) is -0.0355. The van der Waals surface area contributed by atoms with Crippen LogP contribution in [0.2, 0.25) is 5.02 Å². The van der Waals surface area contributed by atoms with Crippen molar-refractivity contribution in [3.05, 3.63) is 101 Å². The molecule has 0 radical (unpaired) electrons. The van der Waals surface area contributed by atoms with Gasteiger partial charge in [0.1, 0.15) is 0 Å². The Kier molecular flexibility index (Phi) is 5.32. The molecule has 1 N–H and O–H groups in total. The van der Waals surface area contributed by atoms with Crippen molar-refractivity contribution in [3.8, 4) is 11.1 Å². The van der Waals surface area contributed by atoms with E-state index in [1.54, 1.807) is 6.08 Å². The summed E-state index contributed by atoms with van der Waals surface area (Å²) in [5.41, 5.74) is 4.51. The highest BCUT2D eigenvalue weighted by atomic mass is 35.5. The monoisotopic (exact) mass is 347 g/mol. The summed E-state index contributed by atoms with van der Waals surface area (Å²) in [6.07, 6.45) is 1.60. The van der Waals surface area contributed by atoms with Gasteiger partial charge < -0.3 is 5.32 Å². The van der Waals surface area contributed by atoms with Crippen LogP contribution in [0.1, 0.15) is 17.3 Å². The fourth-order valence-electron chi connectivity index (χ4n) is 2.57. The van der Waals surface area contributed by atoms with Gasteiger partial charge in [-0.3, -0.25) is 4.79 Å². The van der Waals surface area contributed by atoms with Crippen LogP contribution in [0.25, 0.3) is 11.1 Å². The van der Waals surface area contributed by atoms with E-state index in [-0.39, 0.29) is 5.78 Å². The Bertz CT molecular complexity index is 899. The lowest BCUT2D eigenvalue weighted by Gasteiger charge is -2.07. The van der Waals surface area contributed by atoms with E-state index in [9.17, 15) is 4.79 Å². The average molecular weight is 348 g/mol. The average Bonchev–Trinajstić information content (AvgIpc) is 2.62. The summed E-state index contributed by atoms with van der Waals surface area (Å²) < 4.78 is 0. The third kappa shape index (κ3) is 4.59. The lowest BCUT2D eigenvalue weighted by molar-refractivity contribution is 0.104. The molecule has 2 nitrogen and oxygen atoms in total. The predicted molar refractivity (Wildman–Crippen MR) is 105 cm³/mol. The fourth-order valence-corrected chi connectivity index (χ4v) is 2.76. The molecule has 0 aromatic heterocycles. The maximum absolute atomic E-state index is 12.4. The standard InChI is InChI=1S/C22H18ClNO/c1-16(24-21-9-5-8-20(23)15-21)14-22(25)19-12-10-18(11-13-19)17-6-3-2-4-7-17/h2-15,24H,1H3/b16-14-. The summed E-state index contributed by atoms with van der Waals surface area (Å²) in [5, 5.41) is 3.83. The third-order valence-corrected chi connectivity index (χ3v) is 4.03. The van der Waals surface area contributed by atoms with Crippen molar-refractivity contribution in [2.24, 2.45) is 0 Å². The molecule has 0 aliphatic heterocycles. The second-order valence-electron chi connectivity index (χ2n) is 5.77. The van der Waals surface area contributed by atoms with Crippen LogP contribution in [0.15, 0.2) is 90.6 Å². The lowest BCUT2D eigenvalue weighted by atomic mass is 10.0. The first-order valence-corrected chi connectivity index (χ1v) is 8.40. The number of benzene rings is 3. The molecule has 0 saturated heterocycles. The molecule has 3 rings (SSSR count). The summed E-state index contributed by atoms with van der Waals surface area (Å²) >= 11 is 5.97. The normalized spacial score (nSPS) is 11.2. The lowest BCUT2D eigenvalue weighted by Crippen LogP contribution is -2.01. The molecule has 0 spiro atoms. The quantitative estimate of drug-likeness (QED) is 0.439. The minimum Gasteiger partial charge on any atom is -0.359 e. The molecular weight excluding hydrogens is 330 g/mol. The molecule has 0 saturated carbocycles. The minimum absolute atomic E-state index is 0.0355. The summed E-state index contributed by atoms with van der Waals surface area (Å²) in [6, 6.07) is 25.1. The van der Waals surface area contributed by atoms with Gasteiger partial charge in [0.2, 0.25) is 0 Å². The van der Waals surface area contributed by atoms with E-state index in [0.717, 1.165) is 22.5 Å². The zero-order chi connectivity index (χ0) is 17.6. The molecule has 0 fully saturated rings. The van der Waals surface area contributed by atoms with Crippen LogP contribution in [-0.4, -0.2) is 5.78 Å². The van der Waals surface area contributed by atoms with Crippen molar-refractivity contribution in [1.29, 1.82) is 0 Å². The molecule has 3 heteroatoms. The van der Waals surface area contributed by atoms with Crippen LogP contribution in [-0.2, 0) is 0 Å². The summed E-state index contributed by atoms with van der Waals surface area (Å²) in [4.78, 5) is 12.4. The van der Waals surface area contributed by atoms with Crippen LogP contribution >= 0.6 is 11.6 Å². The Morgan fingerprint density at radius 3 is 2.24 bits per heavy atom. The van der Waals surface area contributed by atoms with Gasteiger partial charge in [0.25, 0.3) is 0 Å². The highest BCUT2D eigenvalue weighted by molar-refractivity contribution is 6.30. The maximum Gasteiger partial charge on any atom is 0.187 e. The number of halogens is 1. The maximum atomic E-state index is 12.4. The number of anilines is 1. The number of carbonyl (C=O) groups is 1. The van der Waals surface area contributed by atoms with Gasteiger partial charge in [-0.25, -0.2) is 0 Å². The van der Waals surface area contributed by atoms with Crippen molar-refractivity contribution < 1.29 is 4.79 Å². The Morgan fingerprint density at radius 2 is 1.56 bits per heavy atom. The Morgan fingerprint density at radius 1 is 0.880 bits per heavy atom. The zero-order valence-corrected chi connectivity index (χ0v) is 14.6. The predicted octanol–water partition coefficient (Wildman–Crippen LogP) is 6.21. The highest BCUT2D eigenvalue weighted by Crippen LogP contribution is 2.20. The van der Waals surface area contributed by atoms with Crippen LogP contribution in [0, 0.1) is 0 Å². The molecule has 25 heavy (non-hydrogen) atoms. The van der Waals surface area contributed by atoms with Crippen molar-refractivity contribution in [2.75, 3.05) is 5.32 Å². The minimum atomic E-state index is -0.0355. The molecule has 0 heterocycles. The van der Waals surface area contributed by atoms with E-state index >= 15 is 0 Å². The molecule has 0 atom stereocenters. The van der Waals surface area contributed by atoms with Gasteiger partial charge in [0, 0.05) is 28.0 Å². The zero-order valence-electron chi connectivity index (χ0n) is 13.9. The third-order valence-electron chi connectivity index (χ3n) is 3.79. The molecule has 124 valence electrons. The van der Waals surface area contributed by atoms with Gasteiger partial charge in [0.05, 0.1) is 0 Å². The molecule has 3 aromatic carbocycles. The summed E-state index contributed by atoms with van der Waals surface area (Å²) in [7, 11) is 0. The molecule has 0 amide bonds. The number of nitrogens with one attached hydrogen (secondary N) is 1. The topological polar surface area (TPSA) is 29.1 Å². The molecule has 0 aliphatic rings. The van der Waals surface area contributed by atoms with E-state index in [4.69, 9.17) is 11.6 Å². The number of allylic oxidation sites excluding steroid dienone is 2. The van der Waals surface area contributed by atoms with Crippen LogP contribution in [0.5, 0.6) is 0 Å². The van der Waals surface area contributed by atoms with E-state index in [1.165, 1.54) is 0 Å². The first-order valence-electron chi connectivity index (χ1n) is 8.02. The van der Waals surface area contributed by atoms with Crippen LogP contribution in [0.4, 0.5) is 5.69 Å². The highest BCUT2D eigenvalue weighted by Gasteiger charge is 2.05. The number of hydrogen-bond donors (Lipinski definition) is 1. The van der Waals surface area contributed by atoms with Crippen molar-refractivity contribution in [2.45, 2.75) is 6.92 Å². The first kappa shape index (κ1) is 17.0. The van der Waals surface area contributed by atoms with Crippen molar-refractivity contribution in [3.63, 3.8) is 0 Å². The molecular formula is C22H18ClNO. The second-order valence-corrected chi connectivity index (χ2v) is 6.21. The second kappa shape index (κ2) is 7.82. The van der Waals surface area contributed by atoms with Gasteiger partial charge in [0.15, 0.2) is 5.78 Å². The van der Waals surface area contributed by atoms with E-state index in [1.807, 2.05) is 73.7 Å². The molecule has 0 unspecified atom stereocenters. The van der Waals surface area contributed by atoms with Crippen molar-refractivity contribution >= 4 is 23.1 Å². The Labute approximate surface area is 152 Å². The fraction of sp³-hybridized carbons (Fsp3) is 0.0455. The number of ketones is 1. The molecule has 3 aromatic rings. The van der Waals surface area contributed by atoms with Gasteiger partial charge in [-0.15, -0.1) is 0 Å². The van der Waals surface area contributed by atoms with Gasteiger partial charge in [-0.05, 0) is 36.2 Å². The van der Waals surface area contributed by atoms with Crippen LogP contribution < -0.4 is 5.32 Å². The van der Waals surface area contributed by atoms with E-state index < -0.39 is 0 Å². The Balaban J connectivity index is 1.72. The van der Waals surface area contributed by atoms with E-state index in [0.29, 0.717) is 10.6 Å². The number of rotatable bonds is 5. The number of carbonyl (C=O) groups excluding carboxylic acids is 1. The van der Waals surface area contributed by atoms with Gasteiger partial charge >= 0.3 is 0 Å². The number of hydrogen-bond acceptors (Lipinski definition) is 2. The largest absolute Gasteiger partial charge is 0.359 e. The van der Waals surface area contributed by atoms with E-state index in [2.05, 4.69) is 17.4 Å². The van der Waals surface area contributed by atoms with Gasteiger partial charge in [-0.1, -0.05) is 72.3 Å². The molecule has 0 aliphatic carbocycles. The smallest absolute Gasteiger partial charge is 0.187 e. The van der Waals surface area contributed by atoms with Crippen molar-refractivity contribution in [1.82, 2.24) is 0 Å².